The minimum absolute atomic E-state index is 0.248. The third kappa shape index (κ3) is 1.93. The van der Waals surface area contributed by atoms with Gasteiger partial charge in [-0.25, -0.2) is 0 Å². The van der Waals surface area contributed by atoms with Gasteiger partial charge >= 0.3 is 0 Å². The van der Waals surface area contributed by atoms with Gasteiger partial charge in [-0.3, -0.25) is 5.01 Å². The van der Waals surface area contributed by atoms with Gasteiger partial charge in [-0.2, -0.15) is 0 Å². The lowest BCUT2D eigenvalue weighted by Gasteiger charge is -2.39. The molecule has 0 saturated carbocycles. The second kappa shape index (κ2) is 4.61. The summed E-state index contributed by atoms with van der Waals surface area (Å²) in [4.78, 5) is 10.4. The number of methoxy groups -OCH3 is 1. The van der Waals surface area contributed by atoms with Crippen LogP contribution < -0.4 is 0 Å². The summed E-state index contributed by atoms with van der Waals surface area (Å²) < 4.78 is 5.69. The topological polar surface area (TPSA) is 41.9 Å². The van der Waals surface area contributed by atoms with Crippen LogP contribution in [0.15, 0.2) is 35.6 Å². The second-order valence-electron chi connectivity index (χ2n) is 4.10. The van der Waals surface area contributed by atoms with Gasteiger partial charge in [0.2, 0.25) is 0 Å². The van der Waals surface area contributed by atoms with E-state index in [0.29, 0.717) is 13.1 Å². The average Bonchev–Trinajstić information content (AvgIpc) is 2.40. The summed E-state index contributed by atoms with van der Waals surface area (Å²) >= 11 is 0. The Morgan fingerprint density at radius 2 is 1.88 bits per heavy atom. The first-order valence-corrected chi connectivity index (χ1v) is 5.50. The van der Waals surface area contributed by atoms with Gasteiger partial charge < -0.3 is 4.74 Å². The molecule has 16 heavy (non-hydrogen) atoms. The largest absolute Gasteiger partial charge is 0.373 e. The van der Waals surface area contributed by atoms with Crippen LogP contribution in [-0.2, 0) is 10.3 Å². The molecule has 1 fully saturated rings. The van der Waals surface area contributed by atoms with Crippen molar-refractivity contribution < 1.29 is 4.74 Å². The number of piperidine rings is 1. The Kier molecular flexibility index (Phi) is 3.19. The van der Waals surface area contributed by atoms with Crippen molar-refractivity contribution in [1.82, 2.24) is 5.01 Å². The van der Waals surface area contributed by atoms with E-state index in [9.17, 15) is 4.91 Å². The standard InChI is InChI=1S/C12H16N2O2/c1-16-12(11-5-3-2-4-6-11)7-9-14(13-15)10-8-12/h2-6H,7-10H2,1H3. The fraction of sp³-hybridized carbons (Fsp3) is 0.500. The number of hydrogen-bond acceptors (Lipinski definition) is 3. The predicted molar refractivity (Wildman–Crippen MR) is 61.7 cm³/mol. The van der Waals surface area contributed by atoms with Gasteiger partial charge in [0.15, 0.2) is 0 Å². The molecule has 1 heterocycles. The lowest BCUT2D eigenvalue weighted by molar-refractivity contribution is -0.0624. The van der Waals surface area contributed by atoms with E-state index in [2.05, 4.69) is 17.4 Å². The van der Waals surface area contributed by atoms with Crippen LogP contribution in [0, 0.1) is 4.91 Å². The molecular formula is C12H16N2O2. The number of hydrogen-bond donors (Lipinski definition) is 0. The first kappa shape index (κ1) is 11.1. The van der Waals surface area contributed by atoms with Crippen LogP contribution in [0.1, 0.15) is 18.4 Å². The van der Waals surface area contributed by atoms with Crippen LogP contribution >= 0.6 is 0 Å². The second-order valence-corrected chi connectivity index (χ2v) is 4.10. The van der Waals surface area contributed by atoms with Crippen molar-refractivity contribution >= 4 is 0 Å². The number of nitrogens with zero attached hydrogens (tertiary/aromatic N) is 2. The Bertz CT molecular complexity index is 345. The molecular weight excluding hydrogens is 204 g/mol. The number of benzene rings is 1. The van der Waals surface area contributed by atoms with Gasteiger partial charge in [-0.1, -0.05) is 30.3 Å². The Balaban J connectivity index is 2.19. The Hall–Kier alpha value is -1.42. The zero-order valence-electron chi connectivity index (χ0n) is 9.43. The summed E-state index contributed by atoms with van der Waals surface area (Å²) in [6, 6.07) is 10.2. The van der Waals surface area contributed by atoms with E-state index in [-0.39, 0.29) is 5.60 Å². The molecule has 1 aliphatic rings. The Morgan fingerprint density at radius 3 is 2.38 bits per heavy atom. The maximum Gasteiger partial charge on any atom is 0.0962 e. The molecule has 0 aliphatic carbocycles. The normalized spacial score (nSPS) is 19.4. The third-order valence-electron chi connectivity index (χ3n) is 3.35. The summed E-state index contributed by atoms with van der Waals surface area (Å²) in [5.74, 6) is 0. The molecule has 2 rings (SSSR count). The van der Waals surface area contributed by atoms with E-state index in [0.717, 1.165) is 12.8 Å². The van der Waals surface area contributed by atoms with Crippen LogP contribution in [0.5, 0.6) is 0 Å². The zero-order valence-corrected chi connectivity index (χ0v) is 9.43. The van der Waals surface area contributed by atoms with E-state index < -0.39 is 0 Å². The van der Waals surface area contributed by atoms with Gasteiger partial charge in [-0.15, -0.1) is 4.91 Å². The molecule has 0 spiro atoms. The van der Waals surface area contributed by atoms with Gasteiger partial charge in [0.25, 0.3) is 0 Å². The van der Waals surface area contributed by atoms with E-state index in [1.54, 1.807) is 12.1 Å². The van der Waals surface area contributed by atoms with Gasteiger partial charge in [0.05, 0.1) is 10.9 Å². The molecule has 0 unspecified atom stereocenters. The number of rotatable bonds is 3. The molecule has 0 amide bonds. The van der Waals surface area contributed by atoms with E-state index >= 15 is 0 Å². The van der Waals surface area contributed by atoms with Crippen LogP contribution in [0.25, 0.3) is 0 Å². The molecule has 4 nitrogen and oxygen atoms in total. The first-order chi connectivity index (χ1) is 7.80. The highest BCUT2D eigenvalue weighted by molar-refractivity contribution is 5.23. The predicted octanol–water partition coefficient (Wildman–Crippen LogP) is 2.31. The molecule has 0 atom stereocenters. The fourth-order valence-corrected chi connectivity index (χ4v) is 2.29. The van der Waals surface area contributed by atoms with E-state index in [1.807, 2.05) is 18.2 Å². The van der Waals surface area contributed by atoms with Crippen molar-refractivity contribution in [3.8, 4) is 0 Å². The molecule has 0 N–H and O–H groups in total. The molecule has 1 aliphatic heterocycles. The molecule has 0 aromatic heterocycles. The quantitative estimate of drug-likeness (QED) is 0.734. The van der Waals surface area contributed by atoms with Crippen LogP contribution in [0.2, 0.25) is 0 Å². The Labute approximate surface area is 95.2 Å². The summed E-state index contributed by atoms with van der Waals surface area (Å²) in [5, 5.41) is 4.52. The molecule has 0 radical (unpaired) electrons. The minimum atomic E-state index is -0.248. The van der Waals surface area contributed by atoms with Gasteiger partial charge in [0, 0.05) is 20.2 Å². The van der Waals surface area contributed by atoms with Crippen molar-refractivity contribution in [1.29, 1.82) is 0 Å². The highest BCUT2D eigenvalue weighted by Crippen LogP contribution is 2.35. The smallest absolute Gasteiger partial charge is 0.0962 e. The van der Waals surface area contributed by atoms with Gasteiger partial charge in [-0.05, 0) is 18.4 Å². The molecule has 86 valence electrons. The Morgan fingerprint density at radius 1 is 1.25 bits per heavy atom. The fourth-order valence-electron chi connectivity index (χ4n) is 2.29. The maximum atomic E-state index is 10.4. The number of nitroso groups, excluding NO2 is 1. The maximum absolute atomic E-state index is 10.4. The van der Waals surface area contributed by atoms with Crippen molar-refractivity contribution in [2.45, 2.75) is 18.4 Å². The van der Waals surface area contributed by atoms with Gasteiger partial charge in [0.1, 0.15) is 0 Å². The minimum Gasteiger partial charge on any atom is -0.373 e. The monoisotopic (exact) mass is 220 g/mol. The van der Waals surface area contributed by atoms with Crippen LogP contribution in [-0.4, -0.2) is 25.2 Å². The summed E-state index contributed by atoms with van der Waals surface area (Å²) in [6.45, 7) is 1.32. The van der Waals surface area contributed by atoms with Crippen molar-refractivity contribution in [3.63, 3.8) is 0 Å². The molecule has 1 saturated heterocycles. The first-order valence-electron chi connectivity index (χ1n) is 5.50. The number of ether oxygens (including phenoxy) is 1. The summed E-state index contributed by atoms with van der Waals surface area (Å²) in [6.07, 6.45) is 1.61. The SMILES string of the molecule is COC1(c2ccccc2)CCN(N=O)CC1. The van der Waals surface area contributed by atoms with Crippen LogP contribution in [0.4, 0.5) is 0 Å². The highest BCUT2D eigenvalue weighted by atomic mass is 16.5. The average molecular weight is 220 g/mol. The molecule has 0 bridgehead atoms. The van der Waals surface area contributed by atoms with E-state index in [1.165, 1.54) is 5.56 Å². The summed E-state index contributed by atoms with van der Waals surface area (Å²) in [7, 11) is 1.73. The zero-order chi connectivity index (χ0) is 11.4. The van der Waals surface area contributed by atoms with Crippen molar-refractivity contribution in [2.24, 2.45) is 5.29 Å². The third-order valence-corrected chi connectivity index (χ3v) is 3.35. The highest BCUT2D eigenvalue weighted by Gasteiger charge is 2.36. The summed E-state index contributed by atoms with van der Waals surface area (Å²) in [5.41, 5.74) is 0.936. The van der Waals surface area contributed by atoms with E-state index in [4.69, 9.17) is 4.74 Å². The molecule has 4 heteroatoms. The molecule has 1 aromatic carbocycles. The van der Waals surface area contributed by atoms with Crippen molar-refractivity contribution in [3.05, 3.63) is 40.8 Å². The van der Waals surface area contributed by atoms with Crippen LogP contribution in [0.3, 0.4) is 0 Å². The lowest BCUT2D eigenvalue weighted by Crippen LogP contribution is -2.41. The lowest BCUT2D eigenvalue weighted by atomic mass is 9.84. The van der Waals surface area contributed by atoms with Crippen molar-refractivity contribution in [2.75, 3.05) is 20.2 Å². The molecule has 1 aromatic rings.